The minimum atomic E-state index is -0.00782. The van der Waals surface area contributed by atoms with Crippen LogP contribution in [0.15, 0.2) is 18.3 Å². The number of rotatable bonds is 2. The fourth-order valence-corrected chi connectivity index (χ4v) is 1.52. The van der Waals surface area contributed by atoms with Crippen LogP contribution in [-0.2, 0) is 6.61 Å². The molecule has 0 unspecified atom stereocenters. The molecule has 0 aliphatic carbocycles. The number of aryl methyl sites for hydroxylation is 1. The van der Waals surface area contributed by atoms with Crippen LogP contribution in [0.3, 0.4) is 0 Å². The highest BCUT2D eigenvalue weighted by Crippen LogP contribution is 2.19. The molecule has 0 fully saturated rings. The van der Waals surface area contributed by atoms with Crippen LogP contribution in [0.2, 0.25) is 0 Å². The lowest BCUT2D eigenvalue weighted by atomic mass is 10.3. The second-order valence-electron chi connectivity index (χ2n) is 3.30. The van der Waals surface area contributed by atoms with Crippen molar-refractivity contribution >= 4 is 5.82 Å². The van der Waals surface area contributed by atoms with Crippen LogP contribution in [0.4, 0.5) is 5.82 Å². The molecule has 2 rings (SSSR count). The first-order valence-electron chi connectivity index (χ1n) is 4.64. The summed E-state index contributed by atoms with van der Waals surface area (Å²) < 4.78 is 0. The van der Waals surface area contributed by atoms with E-state index >= 15 is 0 Å². The van der Waals surface area contributed by atoms with E-state index in [1.54, 1.807) is 6.20 Å². The molecule has 0 radical (unpaired) electrons. The van der Waals surface area contributed by atoms with Crippen molar-refractivity contribution in [3.8, 4) is 0 Å². The van der Waals surface area contributed by atoms with E-state index in [1.807, 2.05) is 6.92 Å². The van der Waals surface area contributed by atoms with Crippen LogP contribution >= 0.6 is 0 Å². The molecular weight excluding hydrogens is 178 g/mol. The summed E-state index contributed by atoms with van der Waals surface area (Å²) in [5.74, 6) is 1.59. The van der Waals surface area contributed by atoms with Crippen molar-refractivity contribution in [2.75, 3.05) is 18.0 Å². The van der Waals surface area contributed by atoms with Gasteiger partial charge in [-0.3, -0.25) is 0 Å². The zero-order valence-corrected chi connectivity index (χ0v) is 8.14. The smallest absolute Gasteiger partial charge is 0.138 e. The van der Waals surface area contributed by atoms with Gasteiger partial charge in [0.05, 0.1) is 6.61 Å². The van der Waals surface area contributed by atoms with E-state index in [1.165, 1.54) is 0 Å². The third kappa shape index (κ3) is 1.61. The molecule has 0 saturated carbocycles. The van der Waals surface area contributed by atoms with Crippen LogP contribution in [0.25, 0.3) is 0 Å². The lowest BCUT2D eigenvalue weighted by molar-refractivity contribution is 0.281. The van der Waals surface area contributed by atoms with E-state index in [0.717, 1.165) is 30.3 Å². The summed E-state index contributed by atoms with van der Waals surface area (Å²) in [6.07, 6.45) is 5.88. The SMILES string of the molecule is Cc1ncc(CO)c(N2CC=CC2)n1. The standard InChI is InChI=1S/C10H13N3O/c1-8-11-6-9(7-14)10(12-8)13-4-2-3-5-13/h2-3,6,14H,4-5,7H2,1H3. The molecule has 1 aromatic rings. The topological polar surface area (TPSA) is 49.3 Å². The molecule has 0 saturated heterocycles. The molecule has 0 aromatic carbocycles. The second kappa shape index (κ2) is 3.75. The molecule has 0 spiro atoms. The Morgan fingerprint density at radius 2 is 2.14 bits per heavy atom. The summed E-state index contributed by atoms with van der Waals surface area (Å²) in [7, 11) is 0. The summed E-state index contributed by atoms with van der Waals surface area (Å²) in [6, 6.07) is 0. The van der Waals surface area contributed by atoms with Gasteiger partial charge in [0.25, 0.3) is 0 Å². The van der Waals surface area contributed by atoms with Crippen LogP contribution < -0.4 is 4.90 Å². The monoisotopic (exact) mass is 191 g/mol. The highest BCUT2D eigenvalue weighted by atomic mass is 16.3. The first kappa shape index (κ1) is 9.15. The normalized spacial score (nSPS) is 15.1. The fraction of sp³-hybridized carbons (Fsp3) is 0.400. The molecule has 4 heteroatoms. The molecule has 0 atom stereocenters. The van der Waals surface area contributed by atoms with Gasteiger partial charge >= 0.3 is 0 Å². The Hall–Kier alpha value is -1.42. The quantitative estimate of drug-likeness (QED) is 0.697. The molecule has 4 nitrogen and oxygen atoms in total. The van der Waals surface area contributed by atoms with Gasteiger partial charge in [-0.2, -0.15) is 0 Å². The Morgan fingerprint density at radius 3 is 2.79 bits per heavy atom. The number of hydrogen-bond acceptors (Lipinski definition) is 4. The Labute approximate surface area is 82.9 Å². The minimum Gasteiger partial charge on any atom is -0.391 e. The van der Waals surface area contributed by atoms with Gasteiger partial charge in [-0.25, -0.2) is 9.97 Å². The number of aliphatic hydroxyl groups is 1. The van der Waals surface area contributed by atoms with Gasteiger partial charge < -0.3 is 10.0 Å². The zero-order chi connectivity index (χ0) is 9.97. The van der Waals surface area contributed by atoms with Crippen LogP contribution in [0.1, 0.15) is 11.4 Å². The summed E-state index contributed by atoms with van der Waals surface area (Å²) in [6.45, 7) is 3.58. The molecule has 14 heavy (non-hydrogen) atoms. The van der Waals surface area contributed by atoms with Crippen molar-refractivity contribution in [1.29, 1.82) is 0 Å². The maximum atomic E-state index is 9.14. The molecule has 1 aliphatic heterocycles. The predicted octanol–water partition coefficient (Wildman–Crippen LogP) is 0.654. The van der Waals surface area contributed by atoms with Crippen molar-refractivity contribution in [2.24, 2.45) is 0 Å². The molecule has 0 bridgehead atoms. The fourth-order valence-electron chi connectivity index (χ4n) is 1.52. The Kier molecular flexibility index (Phi) is 2.45. The van der Waals surface area contributed by atoms with Gasteiger partial charge in [0.1, 0.15) is 11.6 Å². The average Bonchev–Trinajstić information content (AvgIpc) is 2.70. The summed E-state index contributed by atoms with van der Waals surface area (Å²) in [5, 5.41) is 9.14. The third-order valence-corrected chi connectivity index (χ3v) is 2.25. The van der Waals surface area contributed by atoms with Gasteiger partial charge in [-0.15, -0.1) is 0 Å². The number of aromatic nitrogens is 2. The van der Waals surface area contributed by atoms with Gasteiger partial charge in [0.15, 0.2) is 0 Å². The summed E-state index contributed by atoms with van der Waals surface area (Å²) in [5.41, 5.74) is 0.791. The van der Waals surface area contributed by atoms with E-state index in [-0.39, 0.29) is 6.61 Å². The minimum absolute atomic E-state index is 0.00782. The second-order valence-corrected chi connectivity index (χ2v) is 3.30. The lowest BCUT2D eigenvalue weighted by Crippen LogP contribution is -2.22. The van der Waals surface area contributed by atoms with E-state index in [9.17, 15) is 0 Å². The van der Waals surface area contributed by atoms with E-state index in [2.05, 4.69) is 27.0 Å². The number of anilines is 1. The van der Waals surface area contributed by atoms with Crippen molar-refractivity contribution in [1.82, 2.24) is 9.97 Å². The van der Waals surface area contributed by atoms with E-state index < -0.39 is 0 Å². The van der Waals surface area contributed by atoms with Gasteiger partial charge in [0.2, 0.25) is 0 Å². The molecule has 1 N–H and O–H groups in total. The number of aliphatic hydroxyl groups excluding tert-OH is 1. The van der Waals surface area contributed by atoms with E-state index in [0.29, 0.717) is 0 Å². The third-order valence-electron chi connectivity index (χ3n) is 2.25. The van der Waals surface area contributed by atoms with Crippen molar-refractivity contribution < 1.29 is 5.11 Å². The maximum Gasteiger partial charge on any atom is 0.138 e. The van der Waals surface area contributed by atoms with Gasteiger partial charge in [-0.1, -0.05) is 12.2 Å². The first-order chi connectivity index (χ1) is 6.81. The largest absolute Gasteiger partial charge is 0.391 e. The van der Waals surface area contributed by atoms with Crippen molar-refractivity contribution in [2.45, 2.75) is 13.5 Å². The lowest BCUT2D eigenvalue weighted by Gasteiger charge is -2.19. The molecular formula is C10H13N3O. The Balaban J connectivity index is 2.34. The Morgan fingerprint density at radius 1 is 1.43 bits per heavy atom. The van der Waals surface area contributed by atoms with Gasteiger partial charge in [0, 0.05) is 24.8 Å². The predicted molar refractivity (Wildman–Crippen MR) is 54.0 cm³/mol. The maximum absolute atomic E-state index is 9.14. The van der Waals surface area contributed by atoms with Crippen molar-refractivity contribution in [3.05, 3.63) is 29.7 Å². The molecule has 1 aliphatic rings. The first-order valence-corrected chi connectivity index (χ1v) is 4.64. The Bertz CT molecular complexity index is 354. The molecule has 2 heterocycles. The summed E-state index contributed by atoms with van der Waals surface area (Å²) in [4.78, 5) is 10.5. The van der Waals surface area contributed by atoms with Crippen molar-refractivity contribution in [3.63, 3.8) is 0 Å². The highest BCUT2D eigenvalue weighted by molar-refractivity contribution is 5.48. The van der Waals surface area contributed by atoms with Gasteiger partial charge in [-0.05, 0) is 6.92 Å². The molecule has 0 amide bonds. The molecule has 74 valence electrons. The average molecular weight is 191 g/mol. The van der Waals surface area contributed by atoms with Crippen LogP contribution in [0, 0.1) is 6.92 Å². The highest BCUT2D eigenvalue weighted by Gasteiger charge is 2.13. The van der Waals surface area contributed by atoms with Crippen LogP contribution in [-0.4, -0.2) is 28.2 Å². The molecule has 1 aromatic heterocycles. The van der Waals surface area contributed by atoms with E-state index in [4.69, 9.17) is 5.11 Å². The summed E-state index contributed by atoms with van der Waals surface area (Å²) >= 11 is 0. The zero-order valence-electron chi connectivity index (χ0n) is 8.14. The number of nitrogens with zero attached hydrogens (tertiary/aromatic N) is 3. The number of hydrogen-bond donors (Lipinski definition) is 1. The van der Waals surface area contributed by atoms with Crippen LogP contribution in [0.5, 0.6) is 0 Å².